The summed E-state index contributed by atoms with van der Waals surface area (Å²) in [6, 6.07) is 4.16. The molecule has 1 fully saturated rings. The molecule has 0 aliphatic carbocycles. The number of pyridine rings is 1. The van der Waals surface area contributed by atoms with E-state index >= 15 is 0 Å². The Morgan fingerprint density at radius 3 is 3.00 bits per heavy atom. The molecular weight excluding hydrogens is 278 g/mol. The number of hydrogen-bond donors (Lipinski definition) is 1. The van der Waals surface area contributed by atoms with Crippen molar-refractivity contribution < 1.29 is 0 Å². The third-order valence-electron chi connectivity index (χ3n) is 3.73. The fourth-order valence-corrected chi connectivity index (χ4v) is 2.50. The van der Waals surface area contributed by atoms with Crippen molar-refractivity contribution in [3.8, 4) is 0 Å². The summed E-state index contributed by atoms with van der Waals surface area (Å²) < 4.78 is 1.04. The lowest BCUT2D eigenvalue weighted by Gasteiger charge is -2.44. The topological polar surface area (TPSA) is 28.2 Å². The van der Waals surface area contributed by atoms with Crippen molar-refractivity contribution in [2.75, 3.05) is 19.6 Å². The van der Waals surface area contributed by atoms with Gasteiger partial charge < -0.3 is 5.32 Å². The van der Waals surface area contributed by atoms with Gasteiger partial charge in [-0.1, -0.05) is 6.92 Å². The SMILES string of the molecule is CCC1(C)CNCCN1Cc1ccc(Br)cn1. The van der Waals surface area contributed by atoms with E-state index in [2.05, 4.69) is 57.1 Å². The van der Waals surface area contributed by atoms with E-state index in [1.807, 2.05) is 6.20 Å². The van der Waals surface area contributed by atoms with Crippen LogP contribution in [0, 0.1) is 0 Å². The van der Waals surface area contributed by atoms with Crippen LogP contribution in [0.2, 0.25) is 0 Å². The maximum absolute atomic E-state index is 4.46. The second kappa shape index (κ2) is 5.46. The molecule has 0 bridgehead atoms. The Kier molecular flexibility index (Phi) is 4.17. The fraction of sp³-hybridized carbons (Fsp3) is 0.615. The van der Waals surface area contributed by atoms with Crippen LogP contribution in [-0.4, -0.2) is 35.1 Å². The molecule has 1 unspecified atom stereocenters. The first-order valence-electron chi connectivity index (χ1n) is 6.20. The zero-order chi connectivity index (χ0) is 12.3. The summed E-state index contributed by atoms with van der Waals surface area (Å²) in [5.41, 5.74) is 1.40. The van der Waals surface area contributed by atoms with Gasteiger partial charge in [0.1, 0.15) is 0 Å². The number of aromatic nitrogens is 1. The maximum atomic E-state index is 4.46. The lowest BCUT2D eigenvalue weighted by atomic mass is 9.94. The largest absolute Gasteiger partial charge is 0.314 e. The van der Waals surface area contributed by atoms with Crippen LogP contribution in [0.4, 0.5) is 0 Å². The highest BCUT2D eigenvalue weighted by atomic mass is 79.9. The Morgan fingerprint density at radius 2 is 2.35 bits per heavy atom. The second-order valence-corrected chi connectivity index (χ2v) is 5.83. The van der Waals surface area contributed by atoms with Gasteiger partial charge in [0, 0.05) is 42.4 Å². The van der Waals surface area contributed by atoms with Crippen molar-refractivity contribution in [2.45, 2.75) is 32.4 Å². The molecule has 2 rings (SSSR count). The third-order valence-corrected chi connectivity index (χ3v) is 4.20. The van der Waals surface area contributed by atoms with Gasteiger partial charge in [0.25, 0.3) is 0 Å². The predicted molar refractivity (Wildman–Crippen MR) is 73.9 cm³/mol. The van der Waals surface area contributed by atoms with E-state index in [9.17, 15) is 0 Å². The van der Waals surface area contributed by atoms with Gasteiger partial charge in [-0.15, -0.1) is 0 Å². The minimum atomic E-state index is 0.257. The molecule has 2 heterocycles. The molecule has 1 aromatic rings. The summed E-state index contributed by atoms with van der Waals surface area (Å²) >= 11 is 3.42. The molecule has 0 amide bonds. The standard InChI is InChI=1S/C13H20BrN3/c1-3-13(2)10-15-6-7-17(13)9-12-5-4-11(14)8-16-12/h4-5,8,15H,3,6-7,9-10H2,1-2H3. The lowest BCUT2D eigenvalue weighted by molar-refractivity contribution is 0.0625. The van der Waals surface area contributed by atoms with Gasteiger partial charge in [-0.2, -0.15) is 0 Å². The van der Waals surface area contributed by atoms with Crippen LogP contribution in [0.15, 0.2) is 22.8 Å². The summed E-state index contributed by atoms with van der Waals surface area (Å²) in [6.07, 6.45) is 3.04. The van der Waals surface area contributed by atoms with Gasteiger partial charge in [-0.25, -0.2) is 0 Å². The monoisotopic (exact) mass is 297 g/mol. The van der Waals surface area contributed by atoms with E-state index < -0.39 is 0 Å². The molecule has 4 heteroatoms. The summed E-state index contributed by atoms with van der Waals surface area (Å²) in [5.74, 6) is 0. The number of halogens is 1. The third kappa shape index (κ3) is 3.06. The van der Waals surface area contributed by atoms with Crippen molar-refractivity contribution in [2.24, 2.45) is 0 Å². The van der Waals surface area contributed by atoms with E-state index in [1.165, 1.54) is 0 Å². The number of hydrogen-bond acceptors (Lipinski definition) is 3. The fourth-order valence-electron chi connectivity index (χ4n) is 2.27. The molecule has 0 aromatic carbocycles. The van der Waals surface area contributed by atoms with E-state index in [0.717, 1.165) is 42.8 Å². The smallest absolute Gasteiger partial charge is 0.0545 e. The summed E-state index contributed by atoms with van der Waals surface area (Å²) in [6.45, 7) is 8.78. The number of nitrogens with one attached hydrogen (secondary N) is 1. The van der Waals surface area contributed by atoms with Crippen molar-refractivity contribution >= 4 is 15.9 Å². The number of rotatable bonds is 3. The Morgan fingerprint density at radius 1 is 1.53 bits per heavy atom. The molecule has 0 radical (unpaired) electrons. The highest BCUT2D eigenvalue weighted by Crippen LogP contribution is 2.23. The van der Waals surface area contributed by atoms with Crippen LogP contribution in [-0.2, 0) is 6.54 Å². The Bertz CT molecular complexity index is 365. The first-order chi connectivity index (χ1) is 8.14. The van der Waals surface area contributed by atoms with Crippen LogP contribution < -0.4 is 5.32 Å². The van der Waals surface area contributed by atoms with E-state index in [4.69, 9.17) is 0 Å². The number of nitrogens with zero attached hydrogens (tertiary/aromatic N) is 2. The first kappa shape index (κ1) is 13.0. The molecule has 0 spiro atoms. The van der Waals surface area contributed by atoms with E-state index in [1.54, 1.807) is 0 Å². The van der Waals surface area contributed by atoms with Gasteiger partial charge in [0.05, 0.1) is 5.69 Å². The summed E-state index contributed by atoms with van der Waals surface area (Å²) in [5, 5.41) is 3.48. The summed E-state index contributed by atoms with van der Waals surface area (Å²) in [4.78, 5) is 7.00. The molecular formula is C13H20BrN3. The highest BCUT2D eigenvalue weighted by Gasteiger charge is 2.32. The number of piperazine rings is 1. The van der Waals surface area contributed by atoms with Crippen molar-refractivity contribution in [1.29, 1.82) is 0 Å². The van der Waals surface area contributed by atoms with Crippen molar-refractivity contribution in [3.63, 3.8) is 0 Å². The maximum Gasteiger partial charge on any atom is 0.0545 e. The predicted octanol–water partition coefficient (Wildman–Crippen LogP) is 2.42. The van der Waals surface area contributed by atoms with Crippen molar-refractivity contribution in [1.82, 2.24) is 15.2 Å². The van der Waals surface area contributed by atoms with Gasteiger partial charge in [0.2, 0.25) is 0 Å². The van der Waals surface area contributed by atoms with E-state index in [0.29, 0.717) is 0 Å². The van der Waals surface area contributed by atoms with Crippen LogP contribution in [0.3, 0.4) is 0 Å². The van der Waals surface area contributed by atoms with Crippen LogP contribution in [0.25, 0.3) is 0 Å². The van der Waals surface area contributed by atoms with Crippen LogP contribution in [0.5, 0.6) is 0 Å². The van der Waals surface area contributed by atoms with Gasteiger partial charge in [-0.3, -0.25) is 9.88 Å². The second-order valence-electron chi connectivity index (χ2n) is 4.92. The highest BCUT2D eigenvalue weighted by molar-refractivity contribution is 9.10. The van der Waals surface area contributed by atoms with Crippen molar-refractivity contribution in [3.05, 3.63) is 28.5 Å². The Balaban J connectivity index is 2.08. The Labute approximate surface area is 112 Å². The molecule has 1 aliphatic rings. The molecule has 1 N–H and O–H groups in total. The molecule has 1 atom stereocenters. The zero-order valence-electron chi connectivity index (χ0n) is 10.5. The van der Waals surface area contributed by atoms with Gasteiger partial charge >= 0.3 is 0 Å². The quantitative estimate of drug-likeness (QED) is 0.929. The molecule has 1 aliphatic heterocycles. The first-order valence-corrected chi connectivity index (χ1v) is 6.99. The molecule has 0 saturated carbocycles. The van der Waals surface area contributed by atoms with Gasteiger partial charge in [-0.05, 0) is 41.4 Å². The minimum Gasteiger partial charge on any atom is -0.314 e. The molecule has 1 saturated heterocycles. The zero-order valence-corrected chi connectivity index (χ0v) is 12.1. The minimum absolute atomic E-state index is 0.257. The molecule has 1 aromatic heterocycles. The van der Waals surface area contributed by atoms with Gasteiger partial charge in [0.15, 0.2) is 0 Å². The Hall–Kier alpha value is -0.450. The molecule has 94 valence electrons. The average molecular weight is 298 g/mol. The van der Waals surface area contributed by atoms with E-state index in [-0.39, 0.29) is 5.54 Å². The van der Waals surface area contributed by atoms with Crippen LogP contribution in [0.1, 0.15) is 26.0 Å². The molecule has 3 nitrogen and oxygen atoms in total. The average Bonchev–Trinajstić information content (AvgIpc) is 2.35. The lowest BCUT2D eigenvalue weighted by Crippen LogP contribution is -2.58. The van der Waals surface area contributed by atoms with Crippen LogP contribution >= 0.6 is 15.9 Å². The summed E-state index contributed by atoms with van der Waals surface area (Å²) in [7, 11) is 0. The normalized spacial score (nSPS) is 26.1. The molecule has 17 heavy (non-hydrogen) atoms.